The summed E-state index contributed by atoms with van der Waals surface area (Å²) in [6.07, 6.45) is 0.649. The summed E-state index contributed by atoms with van der Waals surface area (Å²) in [7, 11) is 1.41. The van der Waals surface area contributed by atoms with E-state index in [-0.39, 0.29) is 11.9 Å². The molecule has 1 aromatic heterocycles. The molecule has 1 unspecified atom stereocenters. The second kappa shape index (κ2) is 7.10. The maximum Gasteiger partial charge on any atom is 0.312 e. The number of carbonyl (C=O) groups is 1. The van der Waals surface area contributed by atoms with Crippen molar-refractivity contribution in [3.05, 3.63) is 52.2 Å². The highest BCUT2D eigenvalue weighted by Crippen LogP contribution is 2.18. The summed E-state index contributed by atoms with van der Waals surface area (Å²) in [6.45, 7) is 2.34. The fraction of sp³-hybridized carbons (Fsp3) is 0.312. The van der Waals surface area contributed by atoms with Crippen LogP contribution in [0.4, 0.5) is 0 Å². The third-order valence-corrected chi connectivity index (χ3v) is 3.90. The minimum atomic E-state index is -0.279. The number of carbonyl (C=O) groups excluding carboxylic acids is 1. The van der Waals surface area contributed by atoms with Gasteiger partial charge in [-0.15, -0.1) is 11.3 Å². The first-order chi connectivity index (χ1) is 9.69. The minimum absolute atomic E-state index is 0.231. The maximum atomic E-state index is 11.8. The van der Waals surface area contributed by atoms with E-state index in [1.54, 1.807) is 11.3 Å². The fourth-order valence-electron chi connectivity index (χ4n) is 1.95. The molecular weight excluding hydrogens is 272 g/mol. The molecule has 0 fully saturated rings. The van der Waals surface area contributed by atoms with Crippen LogP contribution in [-0.4, -0.2) is 19.7 Å². The normalized spacial score (nSPS) is 11.9. The second-order valence-corrected chi connectivity index (χ2v) is 5.66. The summed E-state index contributed by atoms with van der Waals surface area (Å²) in [5, 5.41) is 2.01. The van der Waals surface area contributed by atoms with E-state index in [1.807, 2.05) is 48.7 Å². The van der Waals surface area contributed by atoms with Crippen molar-refractivity contribution in [3.8, 4) is 5.75 Å². The molecule has 0 spiro atoms. The molecule has 2 rings (SSSR count). The smallest absolute Gasteiger partial charge is 0.312 e. The Labute approximate surface area is 123 Å². The largest absolute Gasteiger partial charge is 0.493 e. The van der Waals surface area contributed by atoms with Crippen molar-refractivity contribution >= 4 is 17.3 Å². The predicted octanol–water partition coefficient (Wildman–Crippen LogP) is 3.47. The fourth-order valence-corrected chi connectivity index (χ4v) is 2.74. The van der Waals surface area contributed by atoms with Crippen LogP contribution in [0.5, 0.6) is 5.75 Å². The molecule has 3 nitrogen and oxygen atoms in total. The standard InChI is InChI=1S/C16H18O3S/c1-12-5-3-6-14(9-12)19-11-13(16(17)18-2)10-15-7-4-8-20-15/h3-9,13H,10-11H2,1-2H3. The lowest BCUT2D eigenvalue weighted by Crippen LogP contribution is -2.25. The first kappa shape index (κ1) is 14.6. The lowest BCUT2D eigenvalue weighted by molar-refractivity contribution is -0.146. The summed E-state index contributed by atoms with van der Waals surface area (Å²) in [5.41, 5.74) is 1.13. The predicted molar refractivity (Wildman–Crippen MR) is 80.2 cm³/mol. The van der Waals surface area contributed by atoms with Gasteiger partial charge in [-0.2, -0.15) is 0 Å². The molecule has 2 aromatic rings. The number of aryl methyl sites for hydroxylation is 1. The van der Waals surface area contributed by atoms with E-state index in [1.165, 1.54) is 7.11 Å². The molecule has 0 saturated carbocycles. The van der Waals surface area contributed by atoms with E-state index in [9.17, 15) is 4.79 Å². The summed E-state index contributed by atoms with van der Waals surface area (Å²) < 4.78 is 10.6. The van der Waals surface area contributed by atoms with Gasteiger partial charge >= 0.3 is 5.97 Å². The number of esters is 1. The van der Waals surface area contributed by atoms with Gasteiger partial charge < -0.3 is 9.47 Å². The van der Waals surface area contributed by atoms with Crippen LogP contribution in [0, 0.1) is 12.8 Å². The summed E-state index contributed by atoms with van der Waals surface area (Å²) in [5.74, 6) is 0.273. The van der Waals surface area contributed by atoms with Gasteiger partial charge in [0.2, 0.25) is 0 Å². The monoisotopic (exact) mass is 290 g/mol. The zero-order chi connectivity index (χ0) is 14.4. The van der Waals surface area contributed by atoms with Gasteiger partial charge in [-0.25, -0.2) is 0 Å². The molecule has 0 radical (unpaired) electrons. The molecule has 1 heterocycles. The molecule has 0 bridgehead atoms. The van der Waals surface area contributed by atoms with E-state index in [4.69, 9.17) is 9.47 Å². The van der Waals surface area contributed by atoms with E-state index >= 15 is 0 Å². The Morgan fingerprint density at radius 3 is 2.80 bits per heavy atom. The van der Waals surface area contributed by atoms with E-state index in [0.717, 1.165) is 16.2 Å². The van der Waals surface area contributed by atoms with Gasteiger partial charge in [0.05, 0.1) is 13.0 Å². The Balaban J connectivity index is 1.99. The molecule has 0 saturated heterocycles. The lowest BCUT2D eigenvalue weighted by atomic mass is 10.1. The molecule has 0 aliphatic rings. The van der Waals surface area contributed by atoms with Gasteiger partial charge in [0.25, 0.3) is 0 Å². The molecule has 4 heteroatoms. The number of methoxy groups -OCH3 is 1. The van der Waals surface area contributed by atoms with Crippen LogP contribution in [0.15, 0.2) is 41.8 Å². The zero-order valence-corrected chi connectivity index (χ0v) is 12.5. The van der Waals surface area contributed by atoms with Gasteiger partial charge in [0.1, 0.15) is 12.4 Å². The van der Waals surface area contributed by atoms with Crippen molar-refractivity contribution < 1.29 is 14.3 Å². The van der Waals surface area contributed by atoms with Crippen molar-refractivity contribution in [1.82, 2.24) is 0 Å². The number of benzene rings is 1. The number of hydrogen-bond acceptors (Lipinski definition) is 4. The number of ether oxygens (including phenoxy) is 2. The van der Waals surface area contributed by atoms with Crippen molar-refractivity contribution in [1.29, 1.82) is 0 Å². The number of thiophene rings is 1. The highest BCUT2D eigenvalue weighted by atomic mass is 32.1. The molecule has 20 heavy (non-hydrogen) atoms. The van der Waals surface area contributed by atoms with Gasteiger partial charge in [-0.1, -0.05) is 18.2 Å². The minimum Gasteiger partial charge on any atom is -0.493 e. The van der Waals surface area contributed by atoms with Crippen molar-refractivity contribution in [2.75, 3.05) is 13.7 Å². The maximum absolute atomic E-state index is 11.8. The van der Waals surface area contributed by atoms with E-state index in [2.05, 4.69) is 0 Å². The highest BCUT2D eigenvalue weighted by molar-refractivity contribution is 7.09. The molecule has 106 valence electrons. The van der Waals surface area contributed by atoms with Crippen LogP contribution in [-0.2, 0) is 16.0 Å². The van der Waals surface area contributed by atoms with Crippen molar-refractivity contribution in [2.24, 2.45) is 5.92 Å². The Morgan fingerprint density at radius 2 is 2.15 bits per heavy atom. The van der Waals surface area contributed by atoms with Gasteiger partial charge in [-0.05, 0) is 42.5 Å². The third kappa shape index (κ3) is 4.10. The third-order valence-electron chi connectivity index (χ3n) is 3.00. The van der Waals surface area contributed by atoms with Gasteiger partial charge in [-0.3, -0.25) is 4.79 Å². The Bertz CT molecular complexity index is 549. The number of hydrogen-bond donors (Lipinski definition) is 0. The summed E-state index contributed by atoms with van der Waals surface area (Å²) in [6, 6.07) is 11.8. The van der Waals surface area contributed by atoms with Crippen LogP contribution in [0.3, 0.4) is 0 Å². The SMILES string of the molecule is COC(=O)C(COc1cccc(C)c1)Cc1cccs1. The van der Waals surface area contributed by atoms with E-state index in [0.29, 0.717) is 13.0 Å². The summed E-state index contributed by atoms with van der Waals surface area (Å²) in [4.78, 5) is 13.0. The van der Waals surface area contributed by atoms with Crippen molar-refractivity contribution in [3.63, 3.8) is 0 Å². The number of rotatable bonds is 6. The topological polar surface area (TPSA) is 35.5 Å². The van der Waals surface area contributed by atoms with Crippen LogP contribution < -0.4 is 4.74 Å². The lowest BCUT2D eigenvalue weighted by Gasteiger charge is -2.15. The first-order valence-electron chi connectivity index (χ1n) is 6.48. The quantitative estimate of drug-likeness (QED) is 0.764. The van der Waals surface area contributed by atoms with Crippen LogP contribution in [0.2, 0.25) is 0 Å². The van der Waals surface area contributed by atoms with Gasteiger partial charge in [0.15, 0.2) is 0 Å². The molecule has 1 atom stereocenters. The molecule has 1 aromatic carbocycles. The molecule has 0 aliphatic carbocycles. The van der Waals surface area contributed by atoms with Crippen LogP contribution >= 0.6 is 11.3 Å². The molecule has 0 N–H and O–H groups in total. The second-order valence-electron chi connectivity index (χ2n) is 4.63. The Hall–Kier alpha value is -1.81. The Kier molecular flexibility index (Phi) is 5.18. The first-order valence-corrected chi connectivity index (χ1v) is 7.36. The molecule has 0 aliphatic heterocycles. The average Bonchev–Trinajstić information content (AvgIpc) is 2.95. The zero-order valence-electron chi connectivity index (χ0n) is 11.7. The van der Waals surface area contributed by atoms with Crippen LogP contribution in [0.25, 0.3) is 0 Å². The Morgan fingerprint density at radius 1 is 1.30 bits per heavy atom. The highest BCUT2D eigenvalue weighted by Gasteiger charge is 2.21. The summed E-state index contributed by atoms with van der Waals surface area (Å²) >= 11 is 1.64. The molecule has 0 amide bonds. The van der Waals surface area contributed by atoms with E-state index < -0.39 is 0 Å². The van der Waals surface area contributed by atoms with Gasteiger partial charge in [0, 0.05) is 4.88 Å². The van der Waals surface area contributed by atoms with Crippen LogP contribution in [0.1, 0.15) is 10.4 Å². The molecular formula is C16H18O3S. The van der Waals surface area contributed by atoms with Crippen molar-refractivity contribution in [2.45, 2.75) is 13.3 Å². The average molecular weight is 290 g/mol.